The second-order valence-corrected chi connectivity index (χ2v) is 8.16. The molecule has 37 heavy (non-hydrogen) atoms. The summed E-state index contributed by atoms with van der Waals surface area (Å²) >= 11 is 0. The maximum absolute atomic E-state index is 13.3. The molecule has 11 heteroatoms. The fourth-order valence-corrected chi connectivity index (χ4v) is 3.93. The van der Waals surface area contributed by atoms with Gasteiger partial charge in [-0.25, -0.2) is 9.07 Å². The zero-order valence-electron chi connectivity index (χ0n) is 18.8. The Morgan fingerprint density at radius 3 is 2.51 bits per heavy atom. The number of halogens is 4. The second kappa shape index (κ2) is 10.00. The monoisotopic (exact) mass is 517 g/mol. The van der Waals surface area contributed by atoms with E-state index in [1.165, 1.54) is 19.1 Å². The summed E-state index contributed by atoms with van der Waals surface area (Å²) in [5.41, 5.74) is 1.85. The van der Waals surface area contributed by atoms with Gasteiger partial charge in [-0.1, -0.05) is 13.5 Å². The summed E-state index contributed by atoms with van der Waals surface area (Å²) in [6.45, 7) is 1.45. The number of rotatable bonds is 6. The van der Waals surface area contributed by atoms with Gasteiger partial charge in [-0.3, -0.25) is 4.79 Å². The normalized spacial score (nSPS) is 14.1. The summed E-state index contributed by atoms with van der Waals surface area (Å²) in [5.74, 6) is -1.17. The van der Waals surface area contributed by atoms with Gasteiger partial charge in [0.05, 0.1) is 23.4 Å². The van der Waals surface area contributed by atoms with Gasteiger partial charge in [0.15, 0.2) is 11.5 Å². The van der Waals surface area contributed by atoms with Crippen molar-refractivity contribution in [1.82, 2.24) is 15.1 Å². The van der Waals surface area contributed by atoms with Gasteiger partial charge >= 0.3 is 12.1 Å². The van der Waals surface area contributed by atoms with Crippen LogP contribution in [0.3, 0.4) is 0 Å². The van der Waals surface area contributed by atoms with Crippen LogP contribution in [0.5, 0.6) is 17.2 Å². The topological polar surface area (TPSA) is 74.6 Å². The molecule has 3 aromatic carbocycles. The molecular formula is C26H23F4N3O4. The fourth-order valence-electron chi connectivity index (χ4n) is 3.93. The molecule has 1 aliphatic rings. The zero-order chi connectivity index (χ0) is 25.4. The summed E-state index contributed by atoms with van der Waals surface area (Å²) in [7, 11) is 0. The summed E-state index contributed by atoms with van der Waals surface area (Å²) < 4.78 is 70.4. The predicted molar refractivity (Wildman–Crippen MR) is 127 cm³/mol. The molecule has 5 rings (SSSR count). The van der Waals surface area contributed by atoms with Gasteiger partial charge in [0.1, 0.15) is 17.7 Å². The molecule has 0 unspecified atom stereocenters. The average Bonchev–Trinajstić information content (AvgIpc) is 3.48. The van der Waals surface area contributed by atoms with Crippen molar-refractivity contribution < 1.29 is 36.6 Å². The molecule has 0 fully saturated rings. The first-order valence-electron chi connectivity index (χ1n) is 10.9. The lowest BCUT2D eigenvalue weighted by Crippen LogP contribution is -2.45. The number of hydrogen-bond donors (Lipinski definition) is 1. The van der Waals surface area contributed by atoms with Gasteiger partial charge in [0.25, 0.3) is 0 Å². The number of alkyl halides is 3. The van der Waals surface area contributed by atoms with E-state index < -0.39 is 24.2 Å². The van der Waals surface area contributed by atoms with Crippen LogP contribution in [0.4, 0.5) is 17.6 Å². The van der Waals surface area contributed by atoms with E-state index in [1.54, 1.807) is 59.4 Å². The Balaban J connectivity index is 0.00000320. The number of ether oxygens (including phenoxy) is 3. The molecule has 1 N–H and O–H groups in total. The van der Waals surface area contributed by atoms with Crippen LogP contribution in [-0.2, 0) is 4.79 Å². The van der Waals surface area contributed by atoms with Crippen molar-refractivity contribution >= 4 is 16.8 Å². The van der Waals surface area contributed by atoms with Crippen LogP contribution in [0.1, 0.15) is 26.0 Å². The number of nitrogens with zero attached hydrogens (tertiary/aromatic N) is 2. The number of fused-ring (bicyclic) bond motifs is 2. The number of carbonyl (C=O) groups excluding carboxylic acids is 1. The summed E-state index contributed by atoms with van der Waals surface area (Å²) in [4.78, 5) is 11.6. The van der Waals surface area contributed by atoms with Crippen molar-refractivity contribution in [3.8, 4) is 22.9 Å². The van der Waals surface area contributed by atoms with Gasteiger partial charge in [0.2, 0.25) is 6.79 Å². The van der Waals surface area contributed by atoms with Gasteiger partial charge in [-0.15, -0.1) is 0 Å². The van der Waals surface area contributed by atoms with Crippen LogP contribution in [0.15, 0.2) is 66.9 Å². The Morgan fingerprint density at radius 1 is 1.05 bits per heavy atom. The first kappa shape index (κ1) is 25.8. The second-order valence-electron chi connectivity index (χ2n) is 8.16. The molecule has 2 atom stereocenters. The van der Waals surface area contributed by atoms with Crippen molar-refractivity contribution in [1.29, 1.82) is 0 Å². The maximum atomic E-state index is 13.3. The Kier molecular flexibility index (Phi) is 6.97. The molecule has 1 aliphatic heterocycles. The Bertz CT molecular complexity index is 1420. The lowest BCUT2D eigenvalue weighted by atomic mass is 10.0. The van der Waals surface area contributed by atoms with Crippen LogP contribution in [0.2, 0.25) is 0 Å². The fraction of sp³-hybridized carbons (Fsp3) is 0.231. The summed E-state index contributed by atoms with van der Waals surface area (Å²) in [5, 5.41) is 6.99. The number of benzene rings is 3. The first-order valence-corrected chi connectivity index (χ1v) is 10.9. The third-order valence-electron chi connectivity index (χ3n) is 5.67. The highest BCUT2D eigenvalue weighted by Gasteiger charge is 2.40. The van der Waals surface area contributed by atoms with E-state index in [1.807, 2.05) is 5.32 Å². The molecule has 0 bridgehead atoms. The summed E-state index contributed by atoms with van der Waals surface area (Å²) in [6, 6.07) is 14.7. The largest absolute Gasteiger partial charge is 0.484 e. The third kappa shape index (κ3) is 5.30. The average molecular weight is 517 g/mol. The molecule has 0 radical (unpaired) electrons. The zero-order valence-corrected chi connectivity index (χ0v) is 18.8. The number of aromatic nitrogens is 2. The number of amides is 1. The minimum atomic E-state index is -5.04. The molecule has 1 amide bonds. The molecule has 1 aromatic heterocycles. The highest BCUT2D eigenvalue weighted by atomic mass is 19.4. The van der Waals surface area contributed by atoms with E-state index in [0.717, 1.165) is 0 Å². The first-order chi connectivity index (χ1) is 17.2. The molecular weight excluding hydrogens is 494 g/mol. The smallest absolute Gasteiger partial charge is 0.471 e. The summed E-state index contributed by atoms with van der Waals surface area (Å²) in [6.07, 6.45) is -4.44. The van der Waals surface area contributed by atoms with Crippen molar-refractivity contribution in [2.75, 3.05) is 6.79 Å². The Labute approximate surface area is 209 Å². The molecule has 0 saturated heterocycles. The standard InChI is InChI=1S/C25H19F4N3O4.CH4/c1-14(31-24(33)25(27,28)29)23(15-2-9-21-22(11-15)35-13-34-21)36-19-7-8-20-16(10-19)12-30-32(20)18-5-3-17(26)4-6-18;/h2-12,14,23H,13H2,1H3,(H,31,33);1H4/t14-,23-;/m0./s1. The van der Waals surface area contributed by atoms with Gasteiger partial charge in [0, 0.05) is 5.39 Å². The number of hydrogen-bond acceptors (Lipinski definition) is 5. The van der Waals surface area contributed by atoms with Crippen LogP contribution in [0.25, 0.3) is 16.6 Å². The van der Waals surface area contributed by atoms with E-state index in [4.69, 9.17) is 14.2 Å². The number of nitrogens with one attached hydrogen (secondary N) is 1. The van der Waals surface area contributed by atoms with Gasteiger partial charge < -0.3 is 19.5 Å². The highest BCUT2D eigenvalue weighted by molar-refractivity contribution is 5.82. The van der Waals surface area contributed by atoms with E-state index in [9.17, 15) is 22.4 Å². The molecule has 0 spiro atoms. The van der Waals surface area contributed by atoms with Crippen molar-refractivity contribution in [3.05, 3.63) is 78.2 Å². The van der Waals surface area contributed by atoms with E-state index >= 15 is 0 Å². The number of carbonyl (C=O) groups is 1. The Hall–Kier alpha value is -4.28. The molecule has 7 nitrogen and oxygen atoms in total. The van der Waals surface area contributed by atoms with Crippen LogP contribution < -0.4 is 19.5 Å². The van der Waals surface area contributed by atoms with E-state index in [0.29, 0.717) is 39.4 Å². The van der Waals surface area contributed by atoms with Gasteiger partial charge in [-0.05, 0) is 67.1 Å². The van der Waals surface area contributed by atoms with Crippen LogP contribution in [-0.4, -0.2) is 34.7 Å². The lowest BCUT2D eigenvalue weighted by Gasteiger charge is -2.27. The molecule has 2 heterocycles. The van der Waals surface area contributed by atoms with E-state index in [-0.39, 0.29) is 20.0 Å². The molecule has 4 aromatic rings. The lowest BCUT2D eigenvalue weighted by molar-refractivity contribution is -0.174. The Morgan fingerprint density at radius 2 is 1.78 bits per heavy atom. The SMILES string of the molecule is C.C[C@H](NC(=O)C(F)(F)F)[C@H](Oc1ccc2c(cnn2-c2ccc(F)cc2)c1)c1ccc2c(c1)OCO2. The highest BCUT2D eigenvalue weighted by Crippen LogP contribution is 2.37. The van der Waals surface area contributed by atoms with Crippen molar-refractivity contribution in [3.63, 3.8) is 0 Å². The van der Waals surface area contributed by atoms with Crippen LogP contribution >= 0.6 is 0 Å². The van der Waals surface area contributed by atoms with E-state index in [2.05, 4.69) is 5.10 Å². The van der Waals surface area contributed by atoms with Crippen LogP contribution in [0, 0.1) is 5.82 Å². The molecule has 0 saturated carbocycles. The quantitative estimate of drug-likeness (QED) is 0.332. The minimum absolute atomic E-state index is 0. The van der Waals surface area contributed by atoms with Gasteiger partial charge in [-0.2, -0.15) is 18.3 Å². The minimum Gasteiger partial charge on any atom is -0.484 e. The van der Waals surface area contributed by atoms with Crippen molar-refractivity contribution in [2.24, 2.45) is 0 Å². The van der Waals surface area contributed by atoms with Crippen molar-refractivity contribution in [2.45, 2.75) is 32.7 Å². The predicted octanol–water partition coefficient (Wildman–Crippen LogP) is 5.72. The third-order valence-corrected chi connectivity index (χ3v) is 5.67. The maximum Gasteiger partial charge on any atom is 0.471 e. The molecule has 194 valence electrons. The molecule has 0 aliphatic carbocycles.